The van der Waals surface area contributed by atoms with Crippen molar-refractivity contribution in [3.63, 3.8) is 0 Å². The number of carbonyl (C=O) groups excluding carboxylic acids is 2. The molecule has 1 aliphatic rings. The number of nitrogens with one attached hydrogen (secondary N) is 1. The SMILES string of the molecule is COc1ccnc(NC(=O)c2ccc(-c3nc(C4CCCCN4C=C(C)F)n(N)c3C(N)=O)cc2)c1. The molecule has 1 unspecified atom stereocenters. The van der Waals surface area contributed by atoms with Crippen LogP contribution in [0.1, 0.15) is 58.9 Å². The van der Waals surface area contributed by atoms with E-state index in [2.05, 4.69) is 15.3 Å². The van der Waals surface area contributed by atoms with E-state index in [1.54, 1.807) is 36.4 Å². The van der Waals surface area contributed by atoms with Crippen LogP contribution in [0.5, 0.6) is 5.75 Å². The molecule has 1 aliphatic heterocycles. The fourth-order valence-electron chi connectivity index (χ4n) is 4.31. The van der Waals surface area contributed by atoms with Gasteiger partial charge < -0.3 is 26.5 Å². The maximum absolute atomic E-state index is 13.7. The van der Waals surface area contributed by atoms with Crippen LogP contribution >= 0.6 is 0 Å². The Labute approximate surface area is 207 Å². The number of rotatable bonds is 7. The molecule has 0 spiro atoms. The maximum Gasteiger partial charge on any atom is 0.269 e. The third-order valence-corrected chi connectivity index (χ3v) is 5.99. The number of methoxy groups -OCH3 is 1. The van der Waals surface area contributed by atoms with Crippen molar-refractivity contribution < 1.29 is 18.7 Å². The molecule has 1 atom stereocenters. The Morgan fingerprint density at radius 2 is 1.97 bits per heavy atom. The highest BCUT2D eigenvalue weighted by molar-refractivity contribution is 6.04. The van der Waals surface area contributed by atoms with Gasteiger partial charge in [0.15, 0.2) is 11.5 Å². The normalized spacial score (nSPS) is 16.0. The summed E-state index contributed by atoms with van der Waals surface area (Å²) in [6, 6.07) is 9.51. The minimum absolute atomic E-state index is 0.0363. The second-order valence-corrected chi connectivity index (χ2v) is 8.48. The zero-order valence-corrected chi connectivity index (χ0v) is 20.1. The number of imidazole rings is 1. The summed E-state index contributed by atoms with van der Waals surface area (Å²) in [4.78, 5) is 35.6. The van der Waals surface area contributed by atoms with Crippen molar-refractivity contribution in [1.82, 2.24) is 19.5 Å². The lowest BCUT2D eigenvalue weighted by atomic mass is 10.0. The van der Waals surface area contributed by atoms with Gasteiger partial charge in [0, 0.05) is 36.1 Å². The fraction of sp³-hybridized carbons (Fsp3) is 0.280. The summed E-state index contributed by atoms with van der Waals surface area (Å²) < 4.78 is 20.0. The highest BCUT2D eigenvalue weighted by Crippen LogP contribution is 2.34. The quantitative estimate of drug-likeness (QED) is 0.428. The van der Waals surface area contributed by atoms with Crippen LogP contribution in [0.25, 0.3) is 11.3 Å². The second-order valence-electron chi connectivity index (χ2n) is 8.48. The molecule has 5 N–H and O–H groups in total. The van der Waals surface area contributed by atoms with Gasteiger partial charge >= 0.3 is 0 Å². The van der Waals surface area contributed by atoms with Gasteiger partial charge in [-0.05, 0) is 44.4 Å². The molecule has 10 nitrogen and oxygen atoms in total. The Kier molecular flexibility index (Phi) is 7.18. The molecular weight excluding hydrogens is 465 g/mol. The highest BCUT2D eigenvalue weighted by Gasteiger charge is 2.30. The summed E-state index contributed by atoms with van der Waals surface area (Å²) in [6.07, 6.45) is 5.50. The van der Waals surface area contributed by atoms with Crippen molar-refractivity contribution in [3.05, 3.63) is 71.7 Å². The van der Waals surface area contributed by atoms with Crippen LogP contribution in [0.2, 0.25) is 0 Å². The lowest BCUT2D eigenvalue weighted by molar-refractivity contribution is 0.0990. The smallest absolute Gasteiger partial charge is 0.269 e. The standard InChI is InChI=1S/C25H28FN7O3/c1-15(26)14-32-12-4-3-5-19(32)24-31-21(22(23(27)34)33(24)28)16-6-8-17(9-7-16)25(35)30-20-13-18(36-2)10-11-29-20/h6-11,13-14,19H,3-5,12,28H2,1-2H3,(H2,27,34)(H,29,30,35). The number of benzene rings is 1. The molecule has 1 aromatic carbocycles. The number of primary amides is 1. The number of nitrogens with two attached hydrogens (primary N) is 2. The van der Waals surface area contributed by atoms with E-state index in [0.29, 0.717) is 47.2 Å². The van der Waals surface area contributed by atoms with Crippen molar-refractivity contribution in [3.8, 4) is 17.0 Å². The van der Waals surface area contributed by atoms with Crippen molar-refractivity contribution >= 4 is 17.6 Å². The van der Waals surface area contributed by atoms with Crippen molar-refractivity contribution in [2.75, 3.05) is 24.8 Å². The van der Waals surface area contributed by atoms with Crippen molar-refractivity contribution in [2.24, 2.45) is 5.73 Å². The minimum Gasteiger partial charge on any atom is -0.497 e. The lowest BCUT2D eigenvalue weighted by Gasteiger charge is -2.34. The molecule has 11 heteroatoms. The molecule has 1 saturated heterocycles. The Balaban J connectivity index is 1.63. The number of ether oxygens (including phenoxy) is 1. The van der Waals surface area contributed by atoms with E-state index in [1.807, 2.05) is 4.90 Å². The van der Waals surface area contributed by atoms with Gasteiger partial charge in [0.25, 0.3) is 11.8 Å². The molecule has 0 radical (unpaired) electrons. The number of hydrogen-bond donors (Lipinski definition) is 3. The first-order chi connectivity index (χ1) is 17.3. The highest BCUT2D eigenvalue weighted by atomic mass is 19.1. The van der Waals surface area contributed by atoms with Crippen LogP contribution in [0, 0.1) is 0 Å². The Morgan fingerprint density at radius 3 is 2.64 bits per heavy atom. The van der Waals surface area contributed by atoms with E-state index in [-0.39, 0.29) is 23.5 Å². The minimum atomic E-state index is -0.739. The molecule has 36 heavy (non-hydrogen) atoms. The van der Waals surface area contributed by atoms with Gasteiger partial charge in [-0.2, -0.15) is 0 Å². The first-order valence-corrected chi connectivity index (χ1v) is 11.5. The maximum atomic E-state index is 13.7. The molecule has 2 amide bonds. The number of piperidine rings is 1. The van der Waals surface area contributed by atoms with E-state index >= 15 is 0 Å². The monoisotopic (exact) mass is 493 g/mol. The predicted molar refractivity (Wildman–Crippen MR) is 133 cm³/mol. The van der Waals surface area contributed by atoms with E-state index in [9.17, 15) is 14.0 Å². The zero-order valence-electron chi connectivity index (χ0n) is 20.1. The number of halogens is 1. The largest absolute Gasteiger partial charge is 0.497 e. The molecule has 0 aliphatic carbocycles. The van der Waals surface area contributed by atoms with Gasteiger partial charge in [-0.15, -0.1) is 0 Å². The van der Waals surface area contributed by atoms with Gasteiger partial charge in [0.05, 0.1) is 13.2 Å². The molecule has 188 valence electrons. The Morgan fingerprint density at radius 1 is 1.22 bits per heavy atom. The van der Waals surface area contributed by atoms with Crippen LogP contribution in [-0.4, -0.2) is 45.0 Å². The lowest BCUT2D eigenvalue weighted by Crippen LogP contribution is -2.33. The van der Waals surface area contributed by atoms with Crippen molar-refractivity contribution in [1.29, 1.82) is 0 Å². The second kappa shape index (κ2) is 10.5. The summed E-state index contributed by atoms with van der Waals surface area (Å²) in [7, 11) is 1.53. The van der Waals surface area contributed by atoms with Crippen molar-refractivity contribution in [2.45, 2.75) is 32.2 Å². The molecule has 0 bridgehead atoms. The Hall–Kier alpha value is -4.41. The van der Waals surface area contributed by atoms with Crippen LogP contribution in [0.3, 0.4) is 0 Å². The molecule has 0 saturated carbocycles. The summed E-state index contributed by atoms with van der Waals surface area (Å²) in [5, 5.41) is 2.71. The van der Waals surface area contributed by atoms with Crippen LogP contribution in [0.4, 0.5) is 10.2 Å². The number of carbonyl (C=O) groups is 2. The number of nitrogen functional groups attached to an aromatic ring is 1. The number of aromatic nitrogens is 3. The Bertz CT molecular complexity index is 1300. The van der Waals surface area contributed by atoms with E-state index in [1.165, 1.54) is 31.1 Å². The zero-order chi connectivity index (χ0) is 25.8. The molecule has 3 aromatic rings. The van der Waals surface area contributed by atoms with E-state index in [4.69, 9.17) is 16.3 Å². The summed E-state index contributed by atoms with van der Waals surface area (Å²) in [6.45, 7) is 2.02. The van der Waals surface area contributed by atoms with E-state index < -0.39 is 5.91 Å². The van der Waals surface area contributed by atoms with E-state index in [0.717, 1.165) is 12.8 Å². The summed E-state index contributed by atoms with van der Waals surface area (Å²) in [5.41, 5.74) is 6.92. The van der Waals surface area contributed by atoms with Gasteiger partial charge in [-0.25, -0.2) is 19.0 Å². The number of anilines is 1. The molecule has 3 heterocycles. The fourth-order valence-corrected chi connectivity index (χ4v) is 4.31. The molecule has 1 fully saturated rings. The number of allylic oxidation sites excluding steroid dienone is 1. The average Bonchev–Trinajstić information content (AvgIpc) is 3.21. The molecule has 4 rings (SSSR count). The third-order valence-electron chi connectivity index (χ3n) is 5.99. The predicted octanol–water partition coefficient (Wildman–Crippen LogP) is 3.38. The summed E-state index contributed by atoms with van der Waals surface area (Å²) >= 11 is 0. The summed E-state index contributed by atoms with van der Waals surface area (Å²) in [5.74, 6) is 6.18. The first-order valence-electron chi connectivity index (χ1n) is 11.5. The number of amides is 2. The van der Waals surface area contributed by atoms with Gasteiger partial charge in [-0.3, -0.25) is 9.59 Å². The third kappa shape index (κ3) is 5.14. The number of nitrogens with zero attached hydrogens (tertiary/aromatic N) is 4. The average molecular weight is 494 g/mol. The molecule has 2 aromatic heterocycles. The number of pyridine rings is 1. The number of likely N-dealkylation sites (tertiary alicyclic amines) is 1. The van der Waals surface area contributed by atoms with Gasteiger partial charge in [-0.1, -0.05) is 12.1 Å². The van der Waals surface area contributed by atoms with Crippen LogP contribution < -0.4 is 21.6 Å². The van der Waals surface area contributed by atoms with Gasteiger partial charge in [0.1, 0.15) is 23.1 Å². The first kappa shape index (κ1) is 24.7. The van der Waals surface area contributed by atoms with Crippen LogP contribution in [-0.2, 0) is 0 Å². The van der Waals surface area contributed by atoms with Crippen LogP contribution in [0.15, 0.2) is 54.6 Å². The number of hydrogen-bond acceptors (Lipinski definition) is 7. The molecular formula is C25H28FN7O3. The van der Waals surface area contributed by atoms with Gasteiger partial charge in [0.2, 0.25) is 0 Å². The topological polar surface area (TPSA) is 141 Å².